The van der Waals surface area contributed by atoms with Gasteiger partial charge < -0.3 is 9.97 Å². The maximum absolute atomic E-state index is 5.30. The molecule has 0 fully saturated rings. The molecule has 6 aromatic carbocycles. The molecular formula is C68H64Br2CuN4. The van der Waals surface area contributed by atoms with E-state index < -0.39 is 0 Å². The predicted molar refractivity (Wildman–Crippen MR) is 321 cm³/mol. The van der Waals surface area contributed by atoms with Crippen molar-refractivity contribution in [3.05, 3.63) is 219 Å². The Morgan fingerprint density at radius 3 is 1.20 bits per heavy atom. The Balaban J connectivity index is 0.000000169. The molecule has 4 nitrogen and oxygen atoms in total. The third kappa shape index (κ3) is 9.41. The van der Waals surface area contributed by atoms with Crippen molar-refractivity contribution in [3.63, 3.8) is 0 Å². The summed E-state index contributed by atoms with van der Waals surface area (Å²) in [5.41, 5.74) is 29.8. The first kappa shape index (κ1) is 52.6. The average molecular weight is 1160 g/mol. The fourth-order valence-electron chi connectivity index (χ4n) is 11.9. The number of nitrogens with zero attached hydrogens (tertiary/aromatic N) is 4. The molecule has 0 saturated heterocycles. The Bertz CT molecular complexity index is 3580. The van der Waals surface area contributed by atoms with Crippen molar-refractivity contribution in [1.82, 2.24) is 9.97 Å². The van der Waals surface area contributed by atoms with Crippen LogP contribution < -0.4 is 9.97 Å². The first-order chi connectivity index (χ1) is 35.3. The molecule has 75 heavy (non-hydrogen) atoms. The zero-order valence-electron chi connectivity index (χ0n) is 45.2. The number of hydrogen-bond acceptors (Lipinski definition) is 2. The molecular weight excluding hydrogens is 1100 g/mol. The maximum atomic E-state index is 5.30. The van der Waals surface area contributed by atoms with Gasteiger partial charge in [-0.1, -0.05) is 184 Å². The number of halogens is 2. The standard InChI is InChI=1S/2C34H32BrN2.Cu/c2*1-7-24-27-16-21-10-8-9-11-25(21)32(27)36-29(24)18-30-26-13-12-23(35)17-28(26)33(37-30)31-19(2)14-22(15-20(31)3)34(4,5)6;/h2*8-15,17-18H,7,16H2,1-6H3;/q2*-1;+2/b2*29-18-;. The Hall–Kier alpha value is -5.82. The van der Waals surface area contributed by atoms with Crippen molar-refractivity contribution in [1.29, 1.82) is 0 Å². The van der Waals surface area contributed by atoms with Crippen molar-refractivity contribution in [3.8, 4) is 22.5 Å². The zero-order valence-corrected chi connectivity index (χ0v) is 49.3. The van der Waals surface area contributed by atoms with Gasteiger partial charge in [-0.3, -0.25) is 0 Å². The van der Waals surface area contributed by atoms with Crippen LogP contribution in [-0.2, 0) is 40.7 Å². The molecule has 12 rings (SSSR count). The zero-order chi connectivity index (χ0) is 52.1. The topological polar surface area (TPSA) is 52.9 Å². The SMILES string of the molecule is CCC1=C2Cc3ccccc3C2=N/C1=C\c1[n-]c(-c2c(C)cc(C(C)(C)C)cc2C)c2cc(Br)ccc12.CCC1=C2Cc3ccccc3C2=N/C1=C\c1[n-]c(-c2c(C)cc(C(C)(C)C)cc2C)c2cc(Br)ccc12.[Cu+2]. The van der Waals surface area contributed by atoms with Crippen LogP contribution >= 0.6 is 31.9 Å². The van der Waals surface area contributed by atoms with E-state index in [1.54, 1.807) is 0 Å². The van der Waals surface area contributed by atoms with Gasteiger partial charge in [-0.25, -0.2) is 9.98 Å². The molecule has 381 valence electrons. The Morgan fingerprint density at radius 2 is 0.853 bits per heavy atom. The van der Waals surface area contributed by atoms with E-state index in [1.165, 1.54) is 111 Å². The van der Waals surface area contributed by atoms with Gasteiger partial charge in [-0.15, -0.1) is 22.8 Å². The monoisotopic (exact) mass is 1160 g/mol. The van der Waals surface area contributed by atoms with Gasteiger partial charge in [0.2, 0.25) is 0 Å². The second-order valence-corrected chi connectivity index (χ2v) is 24.6. The van der Waals surface area contributed by atoms with Gasteiger partial charge in [0.1, 0.15) is 0 Å². The summed E-state index contributed by atoms with van der Waals surface area (Å²) in [6.07, 6.45) is 8.31. The van der Waals surface area contributed by atoms with E-state index in [-0.39, 0.29) is 27.9 Å². The summed E-state index contributed by atoms with van der Waals surface area (Å²) >= 11 is 7.42. The first-order valence-electron chi connectivity index (χ1n) is 26.3. The maximum Gasteiger partial charge on any atom is 2.00 e. The Kier molecular flexibility index (Phi) is 14.0. The van der Waals surface area contributed by atoms with E-state index in [4.69, 9.17) is 20.0 Å². The number of rotatable bonds is 6. The molecule has 0 N–H and O–H groups in total. The van der Waals surface area contributed by atoms with Gasteiger partial charge in [-0.2, -0.15) is 0 Å². The van der Waals surface area contributed by atoms with Crippen LogP contribution in [0.4, 0.5) is 0 Å². The Labute approximate surface area is 471 Å². The van der Waals surface area contributed by atoms with E-state index in [9.17, 15) is 0 Å². The van der Waals surface area contributed by atoms with Crippen LogP contribution in [0.2, 0.25) is 0 Å². The molecule has 1 radical (unpaired) electrons. The van der Waals surface area contributed by atoms with Gasteiger partial charge in [0.15, 0.2) is 0 Å². The van der Waals surface area contributed by atoms with Crippen LogP contribution in [0.3, 0.4) is 0 Å². The summed E-state index contributed by atoms with van der Waals surface area (Å²) in [5.74, 6) is 0. The van der Waals surface area contributed by atoms with E-state index in [0.717, 1.165) is 80.2 Å². The molecule has 4 aliphatic rings. The largest absolute Gasteiger partial charge is 2.00 e. The van der Waals surface area contributed by atoms with Gasteiger partial charge in [0.25, 0.3) is 0 Å². The van der Waals surface area contributed by atoms with E-state index in [0.29, 0.717) is 0 Å². The van der Waals surface area contributed by atoms with Crippen molar-refractivity contribution in [2.24, 2.45) is 9.98 Å². The first-order valence-corrected chi connectivity index (χ1v) is 27.9. The van der Waals surface area contributed by atoms with Crippen molar-refractivity contribution in [2.75, 3.05) is 0 Å². The van der Waals surface area contributed by atoms with E-state index >= 15 is 0 Å². The Morgan fingerprint density at radius 1 is 0.493 bits per heavy atom. The molecule has 0 saturated carbocycles. The van der Waals surface area contributed by atoms with Crippen molar-refractivity contribution < 1.29 is 17.1 Å². The molecule has 2 aliphatic carbocycles. The minimum Gasteiger partial charge on any atom is -0.656 e. The summed E-state index contributed by atoms with van der Waals surface area (Å²) in [4.78, 5) is 20.9. The van der Waals surface area contributed by atoms with Crippen LogP contribution in [0.25, 0.3) is 56.2 Å². The predicted octanol–water partition coefficient (Wildman–Crippen LogP) is 18.5. The summed E-state index contributed by atoms with van der Waals surface area (Å²) in [7, 11) is 0. The molecule has 0 unspecified atom stereocenters. The smallest absolute Gasteiger partial charge is 0.656 e. The van der Waals surface area contributed by atoms with Crippen LogP contribution in [0.15, 0.2) is 162 Å². The molecule has 7 heteroatoms. The fraction of sp³-hybridized carbons (Fsp3) is 0.265. The molecule has 0 atom stereocenters. The second kappa shape index (κ2) is 20.0. The van der Waals surface area contributed by atoms with Gasteiger partial charge in [0.05, 0.1) is 22.8 Å². The number of allylic oxidation sites excluding steroid dienone is 4. The van der Waals surface area contributed by atoms with Crippen molar-refractivity contribution in [2.45, 2.75) is 120 Å². The van der Waals surface area contributed by atoms with Gasteiger partial charge in [0, 0.05) is 32.9 Å². The third-order valence-corrected chi connectivity index (χ3v) is 16.7. The van der Waals surface area contributed by atoms with Crippen LogP contribution in [-0.4, -0.2) is 11.4 Å². The van der Waals surface area contributed by atoms with Crippen molar-refractivity contribution >= 4 is 77.0 Å². The number of fused-ring (bicyclic) bond motifs is 8. The van der Waals surface area contributed by atoms with Gasteiger partial charge in [-0.05, 0) is 175 Å². The molecule has 2 aliphatic heterocycles. The molecule has 8 aromatic rings. The third-order valence-electron chi connectivity index (χ3n) is 15.7. The van der Waals surface area contributed by atoms with Crippen LogP contribution in [0.1, 0.15) is 135 Å². The molecule has 0 spiro atoms. The number of aryl methyl sites for hydroxylation is 4. The number of aromatic nitrogens is 2. The summed E-state index contributed by atoms with van der Waals surface area (Å²) in [5, 5.41) is 4.70. The number of hydrogen-bond donors (Lipinski definition) is 0. The molecule has 0 amide bonds. The fourth-order valence-corrected chi connectivity index (χ4v) is 12.6. The average Bonchev–Trinajstić information content (AvgIpc) is 4.19. The molecule has 4 heterocycles. The van der Waals surface area contributed by atoms with E-state index in [2.05, 4.69) is 236 Å². The summed E-state index contributed by atoms with van der Waals surface area (Å²) in [6, 6.07) is 39.7. The second-order valence-electron chi connectivity index (χ2n) is 22.8. The molecule has 2 aromatic heterocycles. The van der Waals surface area contributed by atoms with Gasteiger partial charge >= 0.3 is 17.1 Å². The summed E-state index contributed by atoms with van der Waals surface area (Å²) in [6.45, 7) is 27.0. The molecule has 0 bridgehead atoms. The summed E-state index contributed by atoms with van der Waals surface area (Å²) < 4.78 is 2.14. The number of aliphatic imine (C=N–C) groups is 2. The quantitative estimate of drug-likeness (QED) is 0.156. The van der Waals surface area contributed by atoms with Crippen LogP contribution in [0.5, 0.6) is 0 Å². The number of benzene rings is 6. The minimum absolute atomic E-state index is 0. The van der Waals surface area contributed by atoms with Crippen LogP contribution in [0, 0.1) is 27.7 Å². The normalized spacial score (nSPS) is 15.9. The minimum atomic E-state index is 0. The van der Waals surface area contributed by atoms with E-state index in [1.807, 2.05) is 0 Å².